The lowest BCUT2D eigenvalue weighted by Crippen LogP contribution is -2.48. The van der Waals surface area contributed by atoms with Gasteiger partial charge in [0.2, 0.25) is 0 Å². The molecule has 1 aliphatic rings. The van der Waals surface area contributed by atoms with Crippen molar-refractivity contribution in [2.75, 3.05) is 39.5 Å². The summed E-state index contributed by atoms with van der Waals surface area (Å²) in [5.74, 6) is -0.259. The van der Waals surface area contributed by atoms with Gasteiger partial charge in [0.1, 0.15) is 0 Å². The number of hydrogen-bond acceptors (Lipinski definition) is 4. The quantitative estimate of drug-likeness (QED) is 0.605. The fourth-order valence-electron chi connectivity index (χ4n) is 2.31. The molecule has 6 heteroatoms. The summed E-state index contributed by atoms with van der Waals surface area (Å²) in [5.41, 5.74) is 1.66. The summed E-state index contributed by atoms with van der Waals surface area (Å²) >= 11 is 0. The van der Waals surface area contributed by atoms with Crippen LogP contribution in [0.2, 0.25) is 0 Å². The Bertz CT molecular complexity index is 439. The van der Waals surface area contributed by atoms with Crippen molar-refractivity contribution in [2.24, 2.45) is 0 Å². The van der Waals surface area contributed by atoms with Gasteiger partial charge in [0.25, 0.3) is 0 Å². The first-order valence-electron chi connectivity index (χ1n) is 7.33. The molecule has 1 saturated heterocycles. The van der Waals surface area contributed by atoms with E-state index in [9.17, 15) is 4.79 Å². The minimum absolute atomic E-state index is 0.259. The molecule has 1 N–H and O–H groups in total. The molecular weight excluding hydrogens is 258 g/mol. The second kappa shape index (κ2) is 7.40. The molecule has 1 fully saturated rings. The summed E-state index contributed by atoms with van der Waals surface area (Å²) in [5, 5.41) is 3.27. The van der Waals surface area contributed by atoms with Crippen LogP contribution in [0, 0.1) is 0 Å². The number of H-pyrrole nitrogens is 1. The number of hydrogen-bond donors (Lipinski definition) is 1. The van der Waals surface area contributed by atoms with Gasteiger partial charge in [-0.3, -0.25) is 4.90 Å². The van der Waals surface area contributed by atoms with E-state index in [2.05, 4.69) is 16.9 Å². The van der Waals surface area contributed by atoms with Crippen LogP contribution in [0.5, 0.6) is 0 Å². The van der Waals surface area contributed by atoms with Crippen LogP contribution >= 0.6 is 0 Å². The average Bonchev–Trinajstić information content (AvgIpc) is 2.90. The zero-order valence-electron chi connectivity index (χ0n) is 12.4. The molecule has 0 amide bonds. The maximum absolute atomic E-state index is 11.9. The van der Waals surface area contributed by atoms with E-state index in [1.807, 2.05) is 17.7 Å². The van der Waals surface area contributed by atoms with E-state index in [0.29, 0.717) is 12.3 Å². The van der Waals surface area contributed by atoms with E-state index >= 15 is 0 Å². The molecule has 0 atom stereocenters. The highest BCUT2D eigenvalue weighted by molar-refractivity contribution is 5.85. The van der Waals surface area contributed by atoms with Crippen LogP contribution in [0.4, 0.5) is 0 Å². The van der Waals surface area contributed by atoms with Gasteiger partial charge in [-0.1, -0.05) is 6.92 Å². The molecule has 20 heavy (non-hydrogen) atoms. The number of aromatic amines is 1. The van der Waals surface area contributed by atoms with Crippen LogP contribution in [-0.2, 0) is 22.4 Å². The molecule has 0 bridgehead atoms. The summed E-state index contributed by atoms with van der Waals surface area (Å²) in [4.78, 5) is 14.3. The zero-order valence-corrected chi connectivity index (χ0v) is 12.4. The third-order valence-corrected chi connectivity index (χ3v) is 3.49. The number of nitrogens with zero attached hydrogens (tertiary/aromatic N) is 2. The second-order valence-corrected chi connectivity index (χ2v) is 4.85. The summed E-state index contributed by atoms with van der Waals surface area (Å²) in [7, 11) is 0. The molecule has 0 spiro atoms. The lowest BCUT2D eigenvalue weighted by molar-refractivity contribution is -0.752. The smallest absolute Gasteiger partial charge is 0.406 e. The van der Waals surface area contributed by atoms with Crippen LogP contribution in [0.1, 0.15) is 30.0 Å². The number of ether oxygens (including phenoxy) is 2. The molecular formula is C14H24N3O3+. The van der Waals surface area contributed by atoms with Gasteiger partial charge in [0.15, 0.2) is 6.54 Å². The third-order valence-electron chi connectivity index (χ3n) is 3.49. The summed E-state index contributed by atoms with van der Waals surface area (Å²) < 4.78 is 12.3. The standard InChI is InChI=1S/C14H23N3O3/c1-3-12-11-13(14(18)20-4-2)17(15-12)6-5-16-7-9-19-10-8-16/h11H,3-10H2,1-2H3/p+1. The van der Waals surface area contributed by atoms with Crippen LogP contribution < -0.4 is 4.68 Å². The van der Waals surface area contributed by atoms with Gasteiger partial charge in [0, 0.05) is 19.2 Å². The van der Waals surface area contributed by atoms with Crippen molar-refractivity contribution in [3.63, 3.8) is 0 Å². The first-order chi connectivity index (χ1) is 9.74. The van der Waals surface area contributed by atoms with Gasteiger partial charge in [-0.15, -0.1) is 4.68 Å². The van der Waals surface area contributed by atoms with Gasteiger partial charge in [-0.05, 0) is 13.3 Å². The van der Waals surface area contributed by atoms with Crippen LogP contribution in [0.3, 0.4) is 0 Å². The Labute approximate surface area is 119 Å². The zero-order chi connectivity index (χ0) is 14.4. The molecule has 6 nitrogen and oxygen atoms in total. The highest BCUT2D eigenvalue weighted by atomic mass is 16.5. The largest absolute Gasteiger partial charge is 0.458 e. The van der Waals surface area contributed by atoms with Crippen LogP contribution in [0.15, 0.2) is 6.07 Å². The molecule has 2 heterocycles. The number of aromatic nitrogens is 2. The minimum atomic E-state index is -0.259. The predicted octanol–water partition coefficient (Wildman–Crippen LogP) is 0.374. The Kier molecular flexibility index (Phi) is 5.55. The SMILES string of the molecule is CCOC(=O)c1cc(CC)[nH][n+]1CCN1CCOCC1. The van der Waals surface area contributed by atoms with Crippen molar-refractivity contribution >= 4 is 5.97 Å². The van der Waals surface area contributed by atoms with E-state index in [0.717, 1.165) is 51.5 Å². The van der Waals surface area contributed by atoms with Gasteiger partial charge in [-0.25, -0.2) is 4.79 Å². The molecule has 0 aromatic carbocycles. The summed E-state index contributed by atoms with van der Waals surface area (Å²) in [6, 6.07) is 1.89. The van der Waals surface area contributed by atoms with Crippen LogP contribution in [-0.4, -0.2) is 55.4 Å². The molecule has 112 valence electrons. The van der Waals surface area contributed by atoms with Crippen molar-refractivity contribution in [1.82, 2.24) is 10.00 Å². The molecule has 2 rings (SSSR count). The maximum atomic E-state index is 11.9. The lowest BCUT2D eigenvalue weighted by atomic mass is 10.3. The van der Waals surface area contributed by atoms with E-state index in [-0.39, 0.29) is 5.97 Å². The van der Waals surface area contributed by atoms with Crippen molar-refractivity contribution in [2.45, 2.75) is 26.8 Å². The maximum Gasteiger partial charge on any atom is 0.406 e. The first kappa shape index (κ1) is 15.0. The number of morpholine rings is 1. The molecule has 1 aromatic rings. The second-order valence-electron chi connectivity index (χ2n) is 4.85. The Hall–Kier alpha value is -1.40. The number of esters is 1. The number of nitrogens with one attached hydrogen (secondary N) is 1. The minimum Gasteiger partial charge on any atom is -0.458 e. The highest BCUT2D eigenvalue weighted by Crippen LogP contribution is 2.02. The molecule has 0 radical (unpaired) electrons. The number of carbonyl (C=O) groups excluding carboxylic acids is 1. The topological polar surface area (TPSA) is 58.4 Å². The van der Waals surface area contributed by atoms with Crippen molar-refractivity contribution in [3.05, 3.63) is 17.5 Å². The Morgan fingerprint density at radius 1 is 1.45 bits per heavy atom. The Balaban J connectivity index is 2.01. The Morgan fingerprint density at radius 2 is 2.20 bits per heavy atom. The monoisotopic (exact) mass is 282 g/mol. The van der Waals surface area contributed by atoms with E-state index in [1.165, 1.54) is 0 Å². The summed E-state index contributed by atoms with van der Waals surface area (Å²) in [6.45, 7) is 9.44. The van der Waals surface area contributed by atoms with Gasteiger partial charge in [-0.2, -0.15) is 5.10 Å². The van der Waals surface area contributed by atoms with E-state index in [4.69, 9.17) is 9.47 Å². The molecule has 0 unspecified atom stereocenters. The number of carbonyl (C=O) groups is 1. The normalized spacial score (nSPS) is 16.3. The number of rotatable bonds is 6. The van der Waals surface area contributed by atoms with Crippen LogP contribution in [0.25, 0.3) is 0 Å². The third kappa shape index (κ3) is 3.80. The lowest BCUT2D eigenvalue weighted by Gasteiger charge is -2.24. The average molecular weight is 282 g/mol. The molecule has 1 aromatic heterocycles. The Morgan fingerprint density at radius 3 is 2.85 bits per heavy atom. The van der Waals surface area contributed by atoms with Crippen molar-refractivity contribution < 1.29 is 19.0 Å². The molecule has 1 aliphatic heterocycles. The molecule has 0 aliphatic carbocycles. The van der Waals surface area contributed by atoms with Crippen molar-refractivity contribution in [3.8, 4) is 0 Å². The first-order valence-corrected chi connectivity index (χ1v) is 7.33. The predicted molar refractivity (Wildman–Crippen MR) is 73.6 cm³/mol. The van der Waals surface area contributed by atoms with Gasteiger partial charge in [0.05, 0.1) is 32.1 Å². The van der Waals surface area contributed by atoms with E-state index in [1.54, 1.807) is 0 Å². The fraction of sp³-hybridized carbons (Fsp3) is 0.714. The fourth-order valence-corrected chi connectivity index (χ4v) is 2.31. The van der Waals surface area contributed by atoms with Gasteiger partial charge < -0.3 is 9.47 Å². The highest BCUT2D eigenvalue weighted by Gasteiger charge is 2.25. The van der Waals surface area contributed by atoms with Crippen molar-refractivity contribution in [1.29, 1.82) is 0 Å². The summed E-state index contributed by atoms with van der Waals surface area (Å²) in [6.07, 6.45) is 0.872. The van der Waals surface area contributed by atoms with Gasteiger partial charge >= 0.3 is 11.7 Å². The molecule has 0 saturated carbocycles. The van der Waals surface area contributed by atoms with E-state index < -0.39 is 0 Å². The number of aryl methyl sites for hydroxylation is 1.